The van der Waals surface area contributed by atoms with Gasteiger partial charge in [0.25, 0.3) is 5.91 Å². The maximum absolute atomic E-state index is 12.3. The fraction of sp³-hybridized carbons (Fsp3) is 0.474. The highest BCUT2D eigenvalue weighted by molar-refractivity contribution is 5.91. The average Bonchev–Trinajstić information content (AvgIpc) is 3.02. The van der Waals surface area contributed by atoms with Gasteiger partial charge in [0.1, 0.15) is 12.4 Å². The number of aryl methyl sites for hydroxylation is 1. The van der Waals surface area contributed by atoms with Crippen LogP contribution in [0.15, 0.2) is 34.9 Å². The third-order valence-electron chi connectivity index (χ3n) is 3.76. The summed E-state index contributed by atoms with van der Waals surface area (Å²) in [7, 11) is 1.73. The molecule has 0 atom stereocenters. The van der Waals surface area contributed by atoms with Gasteiger partial charge in [0.2, 0.25) is 5.76 Å². The molecule has 5 heteroatoms. The lowest BCUT2D eigenvalue weighted by Gasteiger charge is -2.15. The van der Waals surface area contributed by atoms with Crippen LogP contribution in [0.5, 0.6) is 5.75 Å². The zero-order valence-electron chi connectivity index (χ0n) is 14.9. The summed E-state index contributed by atoms with van der Waals surface area (Å²) < 4.78 is 10.8. The Bertz CT molecular complexity index is 647. The van der Waals surface area contributed by atoms with Crippen LogP contribution in [0.25, 0.3) is 0 Å². The number of benzene rings is 1. The quantitative estimate of drug-likeness (QED) is 0.742. The SMILES string of the molecule is CCc1ccc(OCCN(C)C(=O)c2cc(CC(C)C)no2)cc1. The maximum Gasteiger partial charge on any atom is 0.292 e. The van der Waals surface area contributed by atoms with Crippen molar-refractivity contribution in [3.05, 3.63) is 47.3 Å². The molecule has 0 radical (unpaired) electrons. The number of aromatic nitrogens is 1. The Morgan fingerprint density at radius 1 is 1.29 bits per heavy atom. The van der Waals surface area contributed by atoms with E-state index in [1.807, 2.05) is 12.1 Å². The molecule has 1 aromatic heterocycles. The normalized spacial score (nSPS) is 10.9. The van der Waals surface area contributed by atoms with E-state index in [9.17, 15) is 4.79 Å². The molecule has 0 spiro atoms. The zero-order chi connectivity index (χ0) is 17.5. The average molecular weight is 330 g/mol. The van der Waals surface area contributed by atoms with Gasteiger partial charge >= 0.3 is 0 Å². The first-order chi connectivity index (χ1) is 11.5. The van der Waals surface area contributed by atoms with Crippen LogP contribution in [0.3, 0.4) is 0 Å². The Morgan fingerprint density at radius 3 is 2.62 bits per heavy atom. The summed E-state index contributed by atoms with van der Waals surface area (Å²) in [4.78, 5) is 13.9. The van der Waals surface area contributed by atoms with Gasteiger partial charge in [-0.1, -0.05) is 38.1 Å². The molecule has 2 rings (SSSR count). The summed E-state index contributed by atoms with van der Waals surface area (Å²) in [6.45, 7) is 7.24. The summed E-state index contributed by atoms with van der Waals surface area (Å²) in [5.74, 6) is 1.39. The van der Waals surface area contributed by atoms with Crippen molar-refractivity contribution in [2.75, 3.05) is 20.2 Å². The molecule has 5 nitrogen and oxygen atoms in total. The number of amides is 1. The molecule has 0 unspecified atom stereocenters. The number of ether oxygens (including phenoxy) is 1. The summed E-state index contributed by atoms with van der Waals surface area (Å²) in [6, 6.07) is 9.73. The van der Waals surface area contributed by atoms with E-state index in [4.69, 9.17) is 9.26 Å². The summed E-state index contributed by atoms with van der Waals surface area (Å²) >= 11 is 0. The van der Waals surface area contributed by atoms with E-state index in [1.54, 1.807) is 18.0 Å². The second-order valence-electron chi connectivity index (χ2n) is 6.35. The van der Waals surface area contributed by atoms with Gasteiger partial charge in [-0.05, 0) is 36.5 Å². The first-order valence-corrected chi connectivity index (χ1v) is 8.42. The minimum absolute atomic E-state index is 0.178. The topological polar surface area (TPSA) is 55.6 Å². The van der Waals surface area contributed by atoms with Crippen molar-refractivity contribution in [2.45, 2.75) is 33.6 Å². The monoisotopic (exact) mass is 330 g/mol. The molecule has 2 aromatic rings. The molecular formula is C19H26N2O3. The largest absolute Gasteiger partial charge is 0.492 e. The minimum Gasteiger partial charge on any atom is -0.492 e. The van der Waals surface area contributed by atoms with E-state index in [1.165, 1.54) is 5.56 Å². The third kappa shape index (κ3) is 5.11. The molecule has 1 heterocycles. The van der Waals surface area contributed by atoms with Crippen molar-refractivity contribution >= 4 is 5.91 Å². The fourth-order valence-corrected chi connectivity index (χ4v) is 2.34. The maximum atomic E-state index is 12.3. The van der Waals surface area contributed by atoms with E-state index in [0.29, 0.717) is 19.1 Å². The fourth-order valence-electron chi connectivity index (χ4n) is 2.34. The Hall–Kier alpha value is -2.30. The predicted molar refractivity (Wildman–Crippen MR) is 93.3 cm³/mol. The molecule has 1 aromatic carbocycles. The lowest BCUT2D eigenvalue weighted by atomic mass is 10.1. The molecule has 130 valence electrons. The van der Waals surface area contributed by atoms with Gasteiger partial charge in [-0.25, -0.2) is 0 Å². The highest BCUT2D eigenvalue weighted by Gasteiger charge is 2.17. The van der Waals surface area contributed by atoms with E-state index in [-0.39, 0.29) is 11.7 Å². The number of carbonyl (C=O) groups is 1. The van der Waals surface area contributed by atoms with Crippen molar-refractivity contribution in [1.29, 1.82) is 0 Å². The summed E-state index contributed by atoms with van der Waals surface area (Å²) in [5.41, 5.74) is 2.09. The summed E-state index contributed by atoms with van der Waals surface area (Å²) in [5, 5.41) is 3.95. The van der Waals surface area contributed by atoms with Gasteiger partial charge in [-0.15, -0.1) is 0 Å². The smallest absolute Gasteiger partial charge is 0.292 e. The molecule has 0 bridgehead atoms. The molecule has 0 saturated carbocycles. The van der Waals surface area contributed by atoms with E-state index < -0.39 is 0 Å². The van der Waals surface area contributed by atoms with Gasteiger partial charge in [0, 0.05) is 13.1 Å². The van der Waals surface area contributed by atoms with Crippen LogP contribution in [0.2, 0.25) is 0 Å². The second-order valence-corrected chi connectivity index (χ2v) is 6.35. The van der Waals surface area contributed by atoms with E-state index in [2.05, 4.69) is 38.1 Å². The van der Waals surface area contributed by atoms with Crippen LogP contribution in [0.4, 0.5) is 0 Å². The van der Waals surface area contributed by atoms with Crippen LogP contribution < -0.4 is 4.74 Å². The first-order valence-electron chi connectivity index (χ1n) is 8.42. The van der Waals surface area contributed by atoms with Crippen molar-refractivity contribution in [2.24, 2.45) is 5.92 Å². The number of hydrogen-bond acceptors (Lipinski definition) is 4. The van der Waals surface area contributed by atoms with E-state index >= 15 is 0 Å². The van der Waals surface area contributed by atoms with Crippen LogP contribution in [-0.2, 0) is 12.8 Å². The van der Waals surface area contributed by atoms with Gasteiger partial charge in [-0.3, -0.25) is 4.79 Å². The van der Waals surface area contributed by atoms with Crippen molar-refractivity contribution < 1.29 is 14.1 Å². The minimum atomic E-state index is -0.178. The number of rotatable bonds is 8. The zero-order valence-corrected chi connectivity index (χ0v) is 14.9. The molecule has 0 N–H and O–H groups in total. The first kappa shape index (κ1) is 18.0. The van der Waals surface area contributed by atoms with Crippen molar-refractivity contribution in [1.82, 2.24) is 10.1 Å². The van der Waals surface area contributed by atoms with Crippen LogP contribution in [-0.4, -0.2) is 36.2 Å². The molecule has 1 amide bonds. The Balaban J connectivity index is 1.81. The van der Waals surface area contributed by atoms with E-state index in [0.717, 1.165) is 24.3 Å². The highest BCUT2D eigenvalue weighted by Crippen LogP contribution is 2.13. The highest BCUT2D eigenvalue weighted by atomic mass is 16.5. The Morgan fingerprint density at radius 2 is 2.00 bits per heavy atom. The van der Waals surface area contributed by atoms with Crippen LogP contribution >= 0.6 is 0 Å². The van der Waals surface area contributed by atoms with Gasteiger partial charge < -0.3 is 14.2 Å². The number of carbonyl (C=O) groups excluding carboxylic acids is 1. The molecule has 0 aliphatic rings. The molecular weight excluding hydrogens is 304 g/mol. The Labute approximate surface area is 143 Å². The van der Waals surface area contributed by atoms with Gasteiger partial charge in [-0.2, -0.15) is 0 Å². The molecule has 0 aliphatic heterocycles. The summed E-state index contributed by atoms with van der Waals surface area (Å²) in [6.07, 6.45) is 1.81. The second kappa shape index (κ2) is 8.52. The lowest BCUT2D eigenvalue weighted by molar-refractivity contribution is 0.0732. The number of nitrogens with zero attached hydrogens (tertiary/aromatic N) is 2. The predicted octanol–water partition coefficient (Wildman–Crippen LogP) is 3.59. The Kier molecular flexibility index (Phi) is 6.41. The van der Waals surface area contributed by atoms with Crippen LogP contribution in [0.1, 0.15) is 42.6 Å². The van der Waals surface area contributed by atoms with Gasteiger partial charge in [0.05, 0.1) is 12.2 Å². The van der Waals surface area contributed by atoms with Crippen LogP contribution in [0, 0.1) is 5.92 Å². The number of likely N-dealkylation sites (N-methyl/N-ethyl adjacent to an activating group) is 1. The van der Waals surface area contributed by atoms with Crippen molar-refractivity contribution in [3.63, 3.8) is 0 Å². The molecule has 24 heavy (non-hydrogen) atoms. The molecule has 0 fully saturated rings. The lowest BCUT2D eigenvalue weighted by Crippen LogP contribution is -2.30. The van der Waals surface area contributed by atoms with Gasteiger partial charge in [0.15, 0.2) is 0 Å². The van der Waals surface area contributed by atoms with Crippen molar-refractivity contribution in [3.8, 4) is 5.75 Å². The standard InChI is InChI=1S/C19H26N2O3/c1-5-15-6-8-17(9-7-15)23-11-10-21(4)19(22)18-13-16(20-24-18)12-14(2)3/h6-9,13-14H,5,10-12H2,1-4H3. The molecule has 0 aliphatic carbocycles. The molecule has 0 saturated heterocycles. The number of hydrogen-bond donors (Lipinski definition) is 0. The third-order valence-corrected chi connectivity index (χ3v) is 3.76.